The van der Waals surface area contributed by atoms with Crippen molar-refractivity contribution in [3.05, 3.63) is 96.1 Å². The highest BCUT2D eigenvalue weighted by molar-refractivity contribution is 8.00. The van der Waals surface area contributed by atoms with E-state index in [2.05, 4.69) is 26.9 Å². The van der Waals surface area contributed by atoms with Gasteiger partial charge in [-0.2, -0.15) is 0 Å². The molecule has 0 saturated carbocycles. The van der Waals surface area contributed by atoms with E-state index in [1.54, 1.807) is 26.1 Å². The molecule has 0 aliphatic carbocycles. The molecule has 1 amide bonds. The van der Waals surface area contributed by atoms with Crippen LogP contribution in [-0.2, 0) is 17.8 Å². The Bertz CT molecular complexity index is 1230. The van der Waals surface area contributed by atoms with Crippen LogP contribution in [0.2, 0.25) is 0 Å². The van der Waals surface area contributed by atoms with Gasteiger partial charge in [0.05, 0.1) is 12.7 Å². The third-order valence-electron chi connectivity index (χ3n) is 5.52. The molecule has 4 aromatic rings. The van der Waals surface area contributed by atoms with Crippen molar-refractivity contribution in [2.45, 2.75) is 23.4 Å². The number of thioether (sulfide) groups is 1. The molecule has 0 aliphatic heterocycles. The van der Waals surface area contributed by atoms with Crippen molar-refractivity contribution >= 4 is 17.7 Å². The zero-order valence-corrected chi connectivity index (χ0v) is 20.4. The van der Waals surface area contributed by atoms with Crippen LogP contribution in [0.3, 0.4) is 0 Å². The first-order valence-corrected chi connectivity index (χ1v) is 12.0. The van der Waals surface area contributed by atoms with Gasteiger partial charge in [-0.05, 0) is 29.7 Å². The van der Waals surface area contributed by atoms with E-state index in [1.807, 2.05) is 72.8 Å². The number of ether oxygens (including phenoxy) is 1. The number of benzene rings is 3. The third-order valence-corrected chi connectivity index (χ3v) is 6.74. The minimum absolute atomic E-state index is 0.00708. The summed E-state index contributed by atoms with van der Waals surface area (Å²) >= 11 is 1.43. The van der Waals surface area contributed by atoms with Gasteiger partial charge in [-0.3, -0.25) is 4.79 Å². The summed E-state index contributed by atoms with van der Waals surface area (Å²) in [5.41, 5.74) is 3.03. The second kappa shape index (κ2) is 11.0. The number of carbonyl (C=O) groups is 1. The minimum atomic E-state index is -0.429. The van der Waals surface area contributed by atoms with Gasteiger partial charge in [-0.25, -0.2) is 0 Å². The van der Waals surface area contributed by atoms with Crippen molar-refractivity contribution in [2.24, 2.45) is 0 Å². The second-order valence-electron chi connectivity index (χ2n) is 8.03. The molecule has 1 heterocycles. The van der Waals surface area contributed by atoms with Crippen molar-refractivity contribution in [1.82, 2.24) is 19.7 Å². The topological polar surface area (TPSA) is 60.3 Å². The molecule has 3 aromatic carbocycles. The van der Waals surface area contributed by atoms with Gasteiger partial charge in [-0.15, -0.1) is 10.2 Å². The Morgan fingerprint density at radius 1 is 0.941 bits per heavy atom. The van der Waals surface area contributed by atoms with E-state index >= 15 is 0 Å². The lowest BCUT2D eigenvalue weighted by Crippen LogP contribution is -2.27. The zero-order valence-electron chi connectivity index (χ0n) is 19.6. The van der Waals surface area contributed by atoms with Crippen LogP contribution in [0.25, 0.3) is 11.4 Å². The van der Waals surface area contributed by atoms with Crippen molar-refractivity contribution in [1.29, 1.82) is 0 Å². The van der Waals surface area contributed by atoms with Gasteiger partial charge in [-0.1, -0.05) is 84.6 Å². The molecule has 4 rings (SSSR count). The average molecular weight is 473 g/mol. The summed E-state index contributed by atoms with van der Waals surface area (Å²) in [6.07, 6.45) is 0.812. The van der Waals surface area contributed by atoms with Crippen LogP contribution in [0.4, 0.5) is 0 Å². The van der Waals surface area contributed by atoms with Crippen LogP contribution in [0.15, 0.2) is 90.1 Å². The number of aryl methyl sites for hydroxylation is 1. The van der Waals surface area contributed by atoms with Crippen LogP contribution >= 0.6 is 11.8 Å². The maximum absolute atomic E-state index is 13.1. The van der Waals surface area contributed by atoms with Crippen LogP contribution < -0.4 is 4.74 Å². The normalized spacial score (nSPS) is 11.7. The molecule has 0 saturated heterocycles. The first-order chi connectivity index (χ1) is 16.6. The van der Waals surface area contributed by atoms with Crippen molar-refractivity contribution in [3.63, 3.8) is 0 Å². The number of hydrogen-bond donors (Lipinski definition) is 0. The Morgan fingerprint density at radius 3 is 2.26 bits per heavy atom. The number of amides is 1. The minimum Gasteiger partial charge on any atom is -0.496 e. The number of aromatic nitrogens is 3. The SMILES string of the molecule is COc1ccccc1-c1nnc(SC(C(=O)N(C)C)c2ccccc2)n1CCc1ccccc1. The average Bonchev–Trinajstić information content (AvgIpc) is 3.28. The number of carbonyl (C=O) groups excluding carboxylic acids is 1. The molecule has 0 spiro atoms. The first-order valence-electron chi connectivity index (χ1n) is 11.1. The number of methoxy groups -OCH3 is 1. The Kier molecular flexibility index (Phi) is 7.65. The van der Waals surface area contributed by atoms with Crippen LogP contribution in [0, 0.1) is 0 Å². The molecule has 0 fully saturated rings. The van der Waals surface area contributed by atoms with E-state index in [-0.39, 0.29) is 5.91 Å². The quantitative estimate of drug-likeness (QED) is 0.317. The lowest BCUT2D eigenvalue weighted by atomic mass is 10.1. The van der Waals surface area contributed by atoms with Gasteiger partial charge in [0.25, 0.3) is 0 Å². The highest BCUT2D eigenvalue weighted by Gasteiger charge is 2.27. The summed E-state index contributed by atoms with van der Waals surface area (Å²) < 4.78 is 7.69. The molecule has 1 unspecified atom stereocenters. The van der Waals surface area contributed by atoms with Crippen LogP contribution in [0.1, 0.15) is 16.4 Å². The third kappa shape index (κ3) is 5.31. The molecule has 0 N–H and O–H groups in total. The summed E-state index contributed by atoms with van der Waals surface area (Å²) in [5, 5.41) is 9.35. The molecule has 0 radical (unpaired) electrons. The maximum atomic E-state index is 13.1. The molecule has 174 valence electrons. The van der Waals surface area contributed by atoms with Gasteiger partial charge in [0.15, 0.2) is 11.0 Å². The summed E-state index contributed by atoms with van der Waals surface area (Å²) in [6, 6.07) is 27.9. The Hall–Kier alpha value is -3.58. The largest absolute Gasteiger partial charge is 0.496 e. The number of likely N-dealkylation sites (N-methyl/N-ethyl adjacent to an activating group) is 1. The second-order valence-corrected chi connectivity index (χ2v) is 9.11. The smallest absolute Gasteiger partial charge is 0.240 e. The van der Waals surface area contributed by atoms with Gasteiger partial charge in [0, 0.05) is 20.6 Å². The molecule has 6 nitrogen and oxygen atoms in total. The van der Waals surface area contributed by atoms with Crippen molar-refractivity contribution in [2.75, 3.05) is 21.2 Å². The predicted octanol–water partition coefficient (Wildman–Crippen LogP) is 5.12. The lowest BCUT2D eigenvalue weighted by Gasteiger charge is -2.21. The van der Waals surface area contributed by atoms with E-state index in [0.717, 1.165) is 29.1 Å². The van der Waals surface area contributed by atoms with E-state index in [1.165, 1.54) is 17.3 Å². The Balaban J connectivity index is 1.75. The predicted molar refractivity (Wildman–Crippen MR) is 136 cm³/mol. The van der Waals surface area contributed by atoms with Gasteiger partial charge in [0.2, 0.25) is 5.91 Å². The summed E-state index contributed by atoms with van der Waals surface area (Å²) in [6.45, 7) is 0.671. The Morgan fingerprint density at radius 2 is 1.59 bits per heavy atom. The van der Waals surface area contributed by atoms with E-state index < -0.39 is 5.25 Å². The molecular formula is C27H28N4O2S. The van der Waals surface area contributed by atoms with Crippen molar-refractivity contribution < 1.29 is 9.53 Å². The summed E-state index contributed by atoms with van der Waals surface area (Å²) in [7, 11) is 5.21. The van der Waals surface area contributed by atoms with Gasteiger partial charge >= 0.3 is 0 Å². The highest BCUT2D eigenvalue weighted by atomic mass is 32.2. The van der Waals surface area contributed by atoms with Gasteiger partial charge in [0.1, 0.15) is 11.0 Å². The number of para-hydroxylation sites is 1. The summed E-state index contributed by atoms with van der Waals surface area (Å²) in [5.74, 6) is 1.46. The van der Waals surface area contributed by atoms with E-state index in [0.29, 0.717) is 11.7 Å². The molecule has 1 atom stereocenters. The van der Waals surface area contributed by atoms with Crippen LogP contribution in [-0.4, -0.2) is 46.8 Å². The van der Waals surface area contributed by atoms with Crippen LogP contribution in [0.5, 0.6) is 5.75 Å². The fourth-order valence-corrected chi connectivity index (χ4v) is 4.93. The molecule has 7 heteroatoms. The van der Waals surface area contributed by atoms with E-state index in [9.17, 15) is 4.79 Å². The van der Waals surface area contributed by atoms with Gasteiger partial charge < -0.3 is 14.2 Å². The molecule has 34 heavy (non-hydrogen) atoms. The zero-order chi connectivity index (χ0) is 23.9. The maximum Gasteiger partial charge on any atom is 0.240 e. The Labute approximate surface area is 204 Å². The number of hydrogen-bond acceptors (Lipinski definition) is 5. The fraction of sp³-hybridized carbons (Fsp3) is 0.222. The molecule has 0 bridgehead atoms. The lowest BCUT2D eigenvalue weighted by molar-refractivity contribution is -0.128. The number of rotatable bonds is 9. The fourth-order valence-electron chi connectivity index (χ4n) is 3.72. The standard InChI is InChI=1S/C27H28N4O2S/c1-30(2)26(32)24(21-14-8-5-9-15-21)34-27-29-28-25(22-16-10-11-17-23(22)33-3)31(27)19-18-20-12-6-4-7-13-20/h4-17,24H,18-19H2,1-3H3. The molecule has 1 aromatic heterocycles. The number of nitrogens with zero attached hydrogens (tertiary/aromatic N) is 4. The molecular weight excluding hydrogens is 444 g/mol. The monoisotopic (exact) mass is 472 g/mol. The highest BCUT2D eigenvalue weighted by Crippen LogP contribution is 2.38. The van der Waals surface area contributed by atoms with Crippen molar-refractivity contribution in [3.8, 4) is 17.1 Å². The first kappa shape index (κ1) is 23.6. The van der Waals surface area contributed by atoms with E-state index in [4.69, 9.17) is 4.74 Å². The molecule has 0 aliphatic rings. The summed E-state index contributed by atoms with van der Waals surface area (Å²) in [4.78, 5) is 14.8.